The Bertz CT molecular complexity index is 1380. The normalized spacial score (nSPS) is 20.2. The van der Waals surface area contributed by atoms with Crippen LogP contribution in [0, 0.1) is 17.1 Å². The number of nitrogens with zero attached hydrogens (tertiary/aromatic N) is 6. The lowest BCUT2D eigenvalue weighted by molar-refractivity contribution is -0.119. The van der Waals surface area contributed by atoms with Gasteiger partial charge < -0.3 is 4.90 Å². The summed E-state index contributed by atoms with van der Waals surface area (Å²) >= 11 is 7.52. The van der Waals surface area contributed by atoms with Crippen LogP contribution in [0.4, 0.5) is 14.9 Å². The van der Waals surface area contributed by atoms with Crippen LogP contribution in [0.3, 0.4) is 0 Å². The van der Waals surface area contributed by atoms with Crippen molar-refractivity contribution in [3.8, 4) is 6.07 Å². The molecule has 0 bridgehead atoms. The van der Waals surface area contributed by atoms with E-state index in [1.807, 2.05) is 0 Å². The van der Waals surface area contributed by atoms with Gasteiger partial charge in [0.1, 0.15) is 11.1 Å². The Morgan fingerprint density at radius 1 is 1.27 bits per heavy atom. The third kappa shape index (κ3) is 3.44. The van der Waals surface area contributed by atoms with Crippen molar-refractivity contribution in [1.82, 2.24) is 19.7 Å². The monoisotopic (exact) mass is 482 g/mol. The summed E-state index contributed by atoms with van der Waals surface area (Å²) in [5, 5.41) is 13.7. The lowest BCUT2D eigenvalue weighted by Gasteiger charge is -2.40. The summed E-state index contributed by atoms with van der Waals surface area (Å²) in [5.74, 6) is -0.873. The van der Waals surface area contributed by atoms with Gasteiger partial charge in [-0.05, 0) is 24.3 Å². The van der Waals surface area contributed by atoms with Crippen molar-refractivity contribution in [1.29, 1.82) is 5.26 Å². The van der Waals surface area contributed by atoms with Crippen LogP contribution in [0.5, 0.6) is 0 Å². The highest BCUT2D eigenvalue weighted by Crippen LogP contribution is 2.47. The lowest BCUT2D eigenvalue weighted by Crippen LogP contribution is -2.62. The van der Waals surface area contributed by atoms with Gasteiger partial charge in [-0.2, -0.15) is 10.4 Å². The third-order valence-corrected chi connectivity index (χ3v) is 7.34. The second-order valence-electron chi connectivity index (χ2n) is 7.61. The number of anilines is 1. The standard InChI is InChI=1S/C22H16ClFN6O2S/c1-28-19-12(10-27-28)9-26-11-17(19)30-21(31)20-16(29(22(30)32)6-2-5-25)8-18(33-20)14-7-13(24)3-4-15(14)23/h3-4,7-11,16,20H,2,6H2,1H3. The second-order valence-corrected chi connectivity index (χ2v) is 9.20. The molecule has 3 amide bonds. The molecule has 166 valence electrons. The predicted molar refractivity (Wildman–Crippen MR) is 123 cm³/mol. The number of hydrogen-bond donors (Lipinski definition) is 0. The maximum atomic E-state index is 13.9. The van der Waals surface area contributed by atoms with Crippen LogP contribution >= 0.6 is 23.4 Å². The van der Waals surface area contributed by atoms with Gasteiger partial charge in [0.15, 0.2) is 0 Å². The van der Waals surface area contributed by atoms with E-state index in [-0.39, 0.29) is 13.0 Å². The molecule has 1 fully saturated rings. The van der Waals surface area contributed by atoms with E-state index in [1.54, 1.807) is 30.2 Å². The summed E-state index contributed by atoms with van der Waals surface area (Å²) in [5.41, 5.74) is 1.37. The van der Waals surface area contributed by atoms with Crippen LogP contribution in [0.15, 0.2) is 42.9 Å². The molecule has 0 aliphatic carbocycles. The topological polar surface area (TPSA) is 95.1 Å². The third-order valence-electron chi connectivity index (χ3n) is 5.67. The van der Waals surface area contributed by atoms with E-state index in [0.29, 0.717) is 32.1 Å². The molecule has 4 heterocycles. The first-order chi connectivity index (χ1) is 15.9. The molecule has 2 aromatic heterocycles. The molecule has 0 saturated carbocycles. The smallest absolute Gasteiger partial charge is 0.315 e. The number of thioether (sulfide) groups is 1. The summed E-state index contributed by atoms with van der Waals surface area (Å²) in [4.78, 5) is 34.6. The van der Waals surface area contributed by atoms with E-state index in [9.17, 15) is 14.0 Å². The Morgan fingerprint density at radius 3 is 2.88 bits per heavy atom. The first-order valence-corrected chi connectivity index (χ1v) is 11.3. The first kappa shape index (κ1) is 21.4. The fraction of sp³-hybridized carbons (Fsp3) is 0.227. The number of halogens is 2. The van der Waals surface area contributed by atoms with Gasteiger partial charge in [0.25, 0.3) is 5.91 Å². The Labute approximate surface area is 197 Å². The van der Waals surface area contributed by atoms with Gasteiger partial charge in [-0.1, -0.05) is 11.6 Å². The molecule has 0 radical (unpaired) electrons. The second kappa shape index (κ2) is 8.17. The quantitative estimate of drug-likeness (QED) is 0.558. The number of urea groups is 1. The van der Waals surface area contributed by atoms with Gasteiger partial charge in [-0.25, -0.2) is 14.1 Å². The highest BCUT2D eigenvalue weighted by Gasteiger charge is 2.50. The highest BCUT2D eigenvalue weighted by atomic mass is 35.5. The minimum absolute atomic E-state index is 0.0969. The average Bonchev–Trinajstić information content (AvgIpc) is 3.40. The predicted octanol–water partition coefficient (Wildman–Crippen LogP) is 3.97. The molecule has 0 spiro atoms. The molecule has 33 heavy (non-hydrogen) atoms. The maximum Gasteiger partial charge on any atom is 0.332 e. The van der Waals surface area contributed by atoms with Crippen LogP contribution in [0.1, 0.15) is 12.0 Å². The number of hydrogen-bond acceptors (Lipinski definition) is 6. The number of aryl methyl sites for hydroxylation is 1. The van der Waals surface area contributed by atoms with E-state index in [4.69, 9.17) is 16.9 Å². The van der Waals surface area contributed by atoms with Crippen LogP contribution in [-0.2, 0) is 11.8 Å². The number of rotatable bonds is 4. The molecule has 1 saturated heterocycles. The zero-order valence-electron chi connectivity index (χ0n) is 17.3. The Hall–Kier alpha value is -3.42. The molecule has 0 N–H and O–H groups in total. The molecular formula is C22H16ClFN6O2S. The van der Waals surface area contributed by atoms with Crippen molar-refractivity contribution < 1.29 is 14.0 Å². The van der Waals surface area contributed by atoms with E-state index < -0.39 is 29.0 Å². The molecule has 5 rings (SSSR count). The van der Waals surface area contributed by atoms with Gasteiger partial charge in [-0.3, -0.25) is 14.5 Å². The fourth-order valence-electron chi connectivity index (χ4n) is 4.17. The number of amides is 3. The number of aromatic nitrogens is 3. The number of fused-ring (bicyclic) bond motifs is 2. The Morgan fingerprint density at radius 2 is 2.09 bits per heavy atom. The lowest BCUT2D eigenvalue weighted by atomic mass is 10.0. The number of carbonyl (C=O) groups excluding carboxylic acids is 2. The molecule has 3 aromatic rings. The van der Waals surface area contributed by atoms with Crippen molar-refractivity contribution in [3.63, 3.8) is 0 Å². The van der Waals surface area contributed by atoms with Crippen LogP contribution in [0.2, 0.25) is 5.02 Å². The molecule has 1 aromatic carbocycles. The van der Waals surface area contributed by atoms with Gasteiger partial charge in [0.05, 0.1) is 42.1 Å². The Kier molecular flexibility index (Phi) is 5.31. The molecule has 2 unspecified atom stereocenters. The fourth-order valence-corrected chi connectivity index (χ4v) is 5.80. The maximum absolute atomic E-state index is 13.9. The van der Waals surface area contributed by atoms with E-state index in [0.717, 1.165) is 4.90 Å². The molecule has 8 nitrogen and oxygen atoms in total. The molecule has 2 atom stereocenters. The number of nitriles is 1. The van der Waals surface area contributed by atoms with Crippen molar-refractivity contribution in [3.05, 3.63) is 59.3 Å². The first-order valence-electron chi connectivity index (χ1n) is 10.0. The van der Waals surface area contributed by atoms with Gasteiger partial charge >= 0.3 is 6.03 Å². The molecule has 11 heteroatoms. The van der Waals surface area contributed by atoms with Crippen molar-refractivity contribution in [2.75, 3.05) is 11.4 Å². The van der Waals surface area contributed by atoms with Crippen molar-refractivity contribution in [2.24, 2.45) is 7.05 Å². The molecule has 2 aliphatic rings. The summed E-state index contributed by atoms with van der Waals surface area (Å²) in [7, 11) is 1.72. The average molecular weight is 483 g/mol. The molecule has 2 aliphatic heterocycles. The SMILES string of the molecule is Cn1ncc2cncc(N3C(=O)C4SC(c5cc(F)ccc5Cl)=CC4N(CCC#N)C3=O)c21. The van der Waals surface area contributed by atoms with Crippen LogP contribution in [0.25, 0.3) is 15.8 Å². The number of carbonyl (C=O) groups is 2. The zero-order chi connectivity index (χ0) is 23.3. The summed E-state index contributed by atoms with van der Waals surface area (Å²) in [6.07, 6.45) is 6.52. The largest absolute Gasteiger partial charge is 0.332 e. The van der Waals surface area contributed by atoms with Gasteiger partial charge in [-0.15, -0.1) is 11.8 Å². The van der Waals surface area contributed by atoms with E-state index in [1.165, 1.54) is 41.1 Å². The minimum atomic E-state index is -0.681. The summed E-state index contributed by atoms with van der Waals surface area (Å²) in [6.45, 7) is 0.135. The number of imide groups is 1. The Balaban J connectivity index is 1.60. The summed E-state index contributed by atoms with van der Waals surface area (Å²) in [6, 6.07) is 4.94. The van der Waals surface area contributed by atoms with Crippen LogP contribution in [-0.4, -0.2) is 49.4 Å². The van der Waals surface area contributed by atoms with Gasteiger partial charge in [0, 0.05) is 40.7 Å². The summed E-state index contributed by atoms with van der Waals surface area (Å²) < 4.78 is 15.5. The highest BCUT2D eigenvalue weighted by molar-refractivity contribution is 8.09. The van der Waals surface area contributed by atoms with Gasteiger partial charge in [0.2, 0.25) is 0 Å². The number of benzene rings is 1. The van der Waals surface area contributed by atoms with E-state index >= 15 is 0 Å². The van der Waals surface area contributed by atoms with Crippen molar-refractivity contribution in [2.45, 2.75) is 17.7 Å². The number of pyridine rings is 1. The molecular weight excluding hydrogens is 467 g/mol. The van der Waals surface area contributed by atoms with Crippen LogP contribution < -0.4 is 4.90 Å². The zero-order valence-corrected chi connectivity index (χ0v) is 18.8. The minimum Gasteiger partial charge on any atom is -0.315 e. The van der Waals surface area contributed by atoms with Crippen molar-refractivity contribution >= 4 is 56.8 Å². The van der Waals surface area contributed by atoms with E-state index in [2.05, 4.69) is 16.2 Å².